The molecule has 0 radical (unpaired) electrons. The van der Waals surface area contributed by atoms with Crippen molar-refractivity contribution in [2.45, 2.75) is 65.9 Å². The second kappa shape index (κ2) is 7.12. The molecule has 0 heterocycles. The van der Waals surface area contributed by atoms with Gasteiger partial charge in [0.1, 0.15) is 5.78 Å². The maximum atomic E-state index is 11.6. The molecular weight excluding hydrogens is 214 g/mol. The Morgan fingerprint density at radius 3 is 2.12 bits per heavy atom. The number of carbonyl (C=O) groups is 1. The van der Waals surface area contributed by atoms with Crippen molar-refractivity contribution in [3.05, 3.63) is 0 Å². The van der Waals surface area contributed by atoms with Gasteiger partial charge in [0, 0.05) is 12.0 Å². The van der Waals surface area contributed by atoms with E-state index in [1.165, 1.54) is 0 Å². The molecule has 0 aromatic heterocycles. The van der Waals surface area contributed by atoms with E-state index in [-0.39, 0.29) is 16.8 Å². The molecule has 0 spiro atoms. The third-order valence-corrected chi connectivity index (χ3v) is 4.16. The third-order valence-electron chi connectivity index (χ3n) is 4.16. The lowest BCUT2D eigenvalue weighted by atomic mass is 9.80. The Morgan fingerprint density at radius 2 is 1.76 bits per heavy atom. The second-order valence-electron chi connectivity index (χ2n) is 5.41. The molecule has 17 heavy (non-hydrogen) atoms. The van der Waals surface area contributed by atoms with Gasteiger partial charge >= 0.3 is 0 Å². The Balaban J connectivity index is 4.24. The average molecular weight is 243 g/mol. The predicted octanol–water partition coefficient (Wildman–Crippen LogP) is 2.92. The first-order chi connectivity index (χ1) is 7.83. The Hall–Kier alpha value is -0.410. The summed E-state index contributed by atoms with van der Waals surface area (Å²) >= 11 is 0. The molecule has 0 aliphatic carbocycles. The third kappa shape index (κ3) is 5.17. The molecule has 0 fully saturated rings. The number of carbonyl (C=O) groups excluding carboxylic acids is 1. The Bertz CT molecular complexity index is 242. The molecule has 2 unspecified atom stereocenters. The minimum absolute atomic E-state index is 0.139. The van der Waals surface area contributed by atoms with Gasteiger partial charge in [0.05, 0.1) is 5.60 Å². The molecule has 0 aromatic rings. The van der Waals surface area contributed by atoms with Crippen molar-refractivity contribution in [1.29, 1.82) is 0 Å². The number of hydrogen-bond donors (Lipinski definition) is 1. The van der Waals surface area contributed by atoms with E-state index in [2.05, 4.69) is 20.8 Å². The van der Waals surface area contributed by atoms with Gasteiger partial charge in [-0.2, -0.15) is 0 Å². The van der Waals surface area contributed by atoms with Gasteiger partial charge in [0.25, 0.3) is 0 Å². The highest BCUT2D eigenvalue weighted by atomic mass is 16.5. The van der Waals surface area contributed by atoms with Gasteiger partial charge in [-0.25, -0.2) is 0 Å². The van der Waals surface area contributed by atoms with Crippen molar-refractivity contribution in [2.75, 3.05) is 13.2 Å². The quantitative estimate of drug-likeness (QED) is 0.677. The lowest BCUT2D eigenvalue weighted by Gasteiger charge is -2.31. The van der Waals surface area contributed by atoms with E-state index in [1.807, 2.05) is 6.92 Å². The SMILES string of the molecule is CCC(C)(CCN)OCCC(C)(CC)C(C)=O. The molecule has 0 aromatic carbocycles. The maximum absolute atomic E-state index is 11.6. The van der Waals surface area contributed by atoms with Crippen molar-refractivity contribution >= 4 is 5.78 Å². The Morgan fingerprint density at radius 1 is 1.18 bits per heavy atom. The fourth-order valence-electron chi connectivity index (χ4n) is 1.78. The van der Waals surface area contributed by atoms with Gasteiger partial charge < -0.3 is 10.5 Å². The smallest absolute Gasteiger partial charge is 0.135 e. The summed E-state index contributed by atoms with van der Waals surface area (Å²) < 4.78 is 5.93. The molecule has 2 atom stereocenters. The number of hydrogen-bond acceptors (Lipinski definition) is 3. The van der Waals surface area contributed by atoms with Crippen molar-refractivity contribution in [3.63, 3.8) is 0 Å². The van der Waals surface area contributed by atoms with Crippen molar-refractivity contribution in [1.82, 2.24) is 0 Å². The van der Waals surface area contributed by atoms with Crippen LogP contribution in [0.25, 0.3) is 0 Å². The normalized spacial score (nSPS) is 18.5. The van der Waals surface area contributed by atoms with E-state index < -0.39 is 0 Å². The number of Topliss-reactive ketones (excluding diaryl/α,β-unsaturated/α-hetero) is 1. The van der Waals surface area contributed by atoms with Crippen LogP contribution in [0.4, 0.5) is 0 Å². The predicted molar refractivity (Wildman–Crippen MR) is 72.0 cm³/mol. The Labute approximate surface area is 106 Å². The van der Waals surface area contributed by atoms with Crippen molar-refractivity contribution in [2.24, 2.45) is 11.1 Å². The molecule has 0 bridgehead atoms. The first-order valence-corrected chi connectivity index (χ1v) is 6.68. The molecule has 102 valence electrons. The lowest BCUT2D eigenvalue weighted by Crippen LogP contribution is -2.34. The number of nitrogens with two attached hydrogens (primary N) is 1. The zero-order valence-electron chi connectivity index (χ0n) is 12.1. The van der Waals surface area contributed by atoms with Gasteiger partial charge in [0.2, 0.25) is 0 Å². The van der Waals surface area contributed by atoms with E-state index in [9.17, 15) is 4.79 Å². The van der Waals surface area contributed by atoms with Crippen LogP contribution in [0.5, 0.6) is 0 Å². The summed E-state index contributed by atoms with van der Waals surface area (Å²) in [5, 5.41) is 0. The van der Waals surface area contributed by atoms with Crippen LogP contribution in [-0.2, 0) is 9.53 Å². The molecule has 0 aliphatic heterocycles. The molecule has 2 N–H and O–H groups in total. The summed E-state index contributed by atoms with van der Waals surface area (Å²) in [6.07, 6.45) is 3.48. The molecule has 0 amide bonds. The zero-order chi connectivity index (χ0) is 13.5. The number of ketones is 1. The minimum atomic E-state index is -0.239. The summed E-state index contributed by atoms with van der Waals surface area (Å²) in [5.41, 5.74) is 5.21. The molecule has 3 nitrogen and oxygen atoms in total. The molecule has 0 saturated carbocycles. The first-order valence-electron chi connectivity index (χ1n) is 6.68. The lowest BCUT2D eigenvalue weighted by molar-refractivity contribution is -0.128. The highest BCUT2D eigenvalue weighted by Gasteiger charge is 2.29. The first kappa shape index (κ1) is 16.6. The summed E-state index contributed by atoms with van der Waals surface area (Å²) in [6, 6.07) is 0. The van der Waals surface area contributed by atoms with Crippen LogP contribution in [0, 0.1) is 5.41 Å². The van der Waals surface area contributed by atoms with E-state index in [4.69, 9.17) is 10.5 Å². The second-order valence-corrected chi connectivity index (χ2v) is 5.41. The van der Waals surface area contributed by atoms with Crippen molar-refractivity contribution in [3.8, 4) is 0 Å². The summed E-state index contributed by atoms with van der Waals surface area (Å²) in [7, 11) is 0. The Kier molecular flexibility index (Phi) is 6.95. The molecule has 0 aliphatic rings. The molecule has 0 rings (SSSR count). The maximum Gasteiger partial charge on any atom is 0.135 e. The zero-order valence-corrected chi connectivity index (χ0v) is 12.1. The summed E-state index contributed by atoms with van der Waals surface area (Å²) in [5.74, 6) is 0.251. The van der Waals surface area contributed by atoms with E-state index in [1.54, 1.807) is 6.92 Å². The van der Waals surface area contributed by atoms with Crippen LogP contribution in [0.3, 0.4) is 0 Å². The average Bonchev–Trinajstić information content (AvgIpc) is 2.29. The van der Waals surface area contributed by atoms with Gasteiger partial charge in [-0.15, -0.1) is 0 Å². The van der Waals surface area contributed by atoms with Gasteiger partial charge in [-0.3, -0.25) is 4.79 Å². The largest absolute Gasteiger partial charge is 0.375 e. The summed E-state index contributed by atoms with van der Waals surface area (Å²) in [6.45, 7) is 11.2. The monoisotopic (exact) mass is 243 g/mol. The van der Waals surface area contributed by atoms with E-state index in [0.717, 1.165) is 25.7 Å². The molecular formula is C14H29NO2. The topological polar surface area (TPSA) is 52.3 Å². The van der Waals surface area contributed by atoms with Gasteiger partial charge in [-0.1, -0.05) is 20.8 Å². The van der Waals surface area contributed by atoms with Crippen LogP contribution in [0.2, 0.25) is 0 Å². The minimum Gasteiger partial charge on any atom is -0.375 e. The fraction of sp³-hybridized carbons (Fsp3) is 0.929. The van der Waals surface area contributed by atoms with Crippen LogP contribution < -0.4 is 5.73 Å². The number of ether oxygens (including phenoxy) is 1. The highest BCUT2D eigenvalue weighted by Crippen LogP contribution is 2.28. The van der Waals surface area contributed by atoms with Crippen LogP contribution in [-0.4, -0.2) is 24.5 Å². The highest BCUT2D eigenvalue weighted by molar-refractivity contribution is 5.81. The van der Waals surface area contributed by atoms with Crippen LogP contribution in [0.15, 0.2) is 0 Å². The molecule has 0 saturated heterocycles. The van der Waals surface area contributed by atoms with E-state index in [0.29, 0.717) is 13.2 Å². The van der Waals surface area contributed by atoms with Gasteiger partial charge in [0.15, 0.2) is 0 Å². The van der Waals surface area contributed by atoms with Crippen molar-refractivity contribution < 1.29 is 9.53 Å². The standard InChI is InChI=1S/C14H29NO2/c1-6-13(4,12(3)16)9-11-17-14(5,7-2)8-10-15/h6-11,15H2,1-5H3. The fourth-order valence-corrected chi connectivity index (χ4v) is 1.78. The summed E-state index contributed by atoms with van der Waals surface area (Å²) in [4.78, 5) is 11.6. The van der Waals surface area contributed by atoms with Crippen LogP contribution in [0.1, 0.15) is 60.3 Å². The van der Waals surface area contributed by atoms with Gasteiger partial charge in [-0.05, 0) is 46.1 Å². The van der Waals surface area contributed by atoms with E-state index >= 15 is 0 Å². The molecule has 3 heteroatoms. The van der Waals surface area contributed by atoms with Crippen LogP contribution >= 0.6 is 0 Å². The number of rotatable bonds is 9.